The molecule has 0 spiro atoms. The molecule has 2 rings (SSSR count). The molecule has 0 unspecified atom stereocenters. The van der Waals surface area contributed by atoms with E-state index in [0.29, 0.717) is 16.3 Å². The van der Waals surface area contributed by atoms with Gasteiger partial charge in [0.2, 0.25) is 0 Å². The van der Waals surface area contributed by atoms with Crippen LogP contribution in [0.4, 0.5) is 0 Å². The molecule has 0 fully saturated rings. The van der Waals surface area contributed by atoms with Gasteiger partial charge in [-0.1, -0.05) is 11.6 Å². The SMILES string of the molecule is Cc1cc(Cl)ccc1OCC(=O)NC(=S)NNC(=O)c1ccncc1. The first-order valence-electron chi connectivity index (χ1n) is 7.15. The number of aryl methyl sites for hydroxylation is 1. The number of hydrazine groups is 1. The fraction of sp³-hybridized carbons (Fsp3) is 0.125. The summed E-state index contributed by atoms with van der Waals surface area (Å²) in [6.45, 7) is 1.59. The first-order valence-corrected chi connectivity index (χ1v) is 7.93. The largest absolute Gasteiger partial charge is 0.483 e. The summed E-state index contributed by atoms with van der Waals surface area (Å²) in [6.07, 6.45) is 2.98. The van der Waals surface area contributed by atoms with Gasteiger partial charge in [-0.15, -0.1) is 0 Å². The molecule has 0 aliphatic carbocycles. The van der Waals surface area contributed by atoms with E-state index < -0.39 is 11.8 Å². The Morgan fingerprint density at radius 3 is 2.60 bits per heavy atom. The van der Waals surface area contributed by atoms with Crippen LogP contribution >= 0.6 is 23.8 Å². The van der Waals surface area contributed by atoms with Crippen molar-refractivity contribution in [2.45, 2.75) is 6.92 Å². The zero-order valence-corrected chi connectivity index (χ0v) is 14.8. The second-order valence-electron chi connectivity index (χ2n) is 4.89. The summed E-state index contributed by atoms with van der Waals surface area (Å²) in [7, 11) is 0. The molecule has 7 nitrogen and oxygen atoms in total. The zero-order valence-electron chi connectivity index (χ0n) is 13.2. The van der Waals surface area contributed by atoms with Crippen molar-refractivity contribution in [1.82, 2.24) is 21.2 Å². The molecule has 1 aromatic heterocycles. The molecule has 1 heterocycles. The smallest absolute Gasteiger partial charge is 0.269 e. The van der Waals surface area contributed by atoms with Gasteiger partial charge < -0.3 is 4.74 Å². The van der Waals surface area contributed by atoms with Crippen LogP contribution in [-0.4, -0.2) is 28.5 Å². The Labute approximate surface area is 154 Å². The number of rotatable bonds is 4. The van der Waals surface area contributed by atoms with Crippen LogP contribution < -0.4 is 20.9 Å². The van der Waals surface area contributed by atoms with Gasteiger partial charge in [0.25, 0.3) is 11.8 Å². The minimum absolute atomic E-state index is 0.0520. The van der Waals surface area contributed by atoms with Crippen molar-refractivity contribution in [1.29, 1.82) is 0 Å². The highest BCUT2D eigenvalue weighted by molar-refractivity contribution is 7.80. The molecule has 9 heteroatoms. The molecule has 130 valence electrons. The Kier molecular flexibility index (Phi) is 6.67. The average molecular weight is 379 g/mol. The van der Waals surface area contributed by atoms with Gasteiger partial charge in [-0.05, 0) is 55.0 Å². The highest BCUT2D eigenvalue weighted by Gasteiger charge is 2.09. The number of aromatic nitrogens is 1. The lowest BCUT2D eigenvalue weighted by Crippen LogP contribution is -2.49. The first-order chi connectivity index (χ1) is 12.0. The molecule has 1 aromatic carbocycles. The van der Waals surface area contributed by atoms with Crippen molar-refractivity contribution in [3.63, 3.8) is 0 Å². The molecule has 25 heavy (non-hydrogen) atoms. The maximum Gasteiger partial charge on any atom is 0.269 e. The minimum Gasteiger partial charge on any atom is -0.483 e. The number of nitrogens with one attached hydrogen (secondary N) is 3. The number of nitrogens with zero attached hydrogens (tertiary/aromatic N) is 1. The van der Waals surface area contributed by atoms with Gasteiger partial charge in [-0.25, -0.2) is 0 Å². The first kappa shape index (κ1) is 18.6. The Bertz CT molecular complexity index is 786. The predicted molar refractivity (Wildman–Crippen MR) is 97.3 cm³/mol. The average Bonchev–Trinajstić information content (AvgIpc) is 2.59. The van der Waals surface area contributed by atoms with E-state index in [1.165, 1.54) is 12.4 Å². The molecule has 0 saturated carbocycles. The van der Waals surface area contributed by atoms with Gasteiger partial charge in [0.1, 0.15) is 5.75 Å². The third-order valence-electron chi connectivity index (χ3n) is 2.98. The Morgan fingerprint density at radius 2 is 1.92 bits per heavy atom. The van der Waals surface area contributed by atoms with Crippen LogP contribution in [0.5, 0.6) is 5.75 Å². The molecule has 0 atom stereocenters. The molecule has 2 amide bonds. The van der Waals surface area contributed by atoms with Gasteiger partial charge in [-0.3, -0.25) is 30.7 Å². The fourth-order valence-corrected chi connectivity index (χ4v) is 2.19. The zero-order chi connectivity index (χ0) is 18.2. The van der Waals surface area contributed by atoms with Crippen LogP contribution in [0.1, 0.15) is 15.9 Å². The number of halogens is 1. The second-order valence-corrected chi connectivity index (χ2v) is 5.74. The van der Waals surface area contributed by atoms with Crippen molar-refractivity contribution in [2.75, 3.05) is 6.61 Å². The van der Waals surface area contributed by atoms with Crippen molar-refractivity contribution in [2.24, 2.45) is 0 Å². The lowest BCUT2D eigenvalue weighted by Gasteiger charge is -2.12. The molecule has 0 aliphatic heterocycles. The summed E-state index contributed by atoms with van der Waals surface area (Å²) in [6, 6.07) is 8.16. The van der Waals surface area contributed by atoms with Gasteiger partial charge in [0.05, 0.1) is 0 Å². The summed E-state index contributed by atoms with van der Waals surface area (Å²) in [4.78, 5) is 27.4. The van der Waals surface area contributed by atoms with E-state index in [0.717, 1.165) is 5.56 Å². The molecule has 0 bridgehead atoms. The van der Waals surface area contributed by atoms with Crippen molar-refractivity contribution in [3.8, 4) is 5.75 Å². The lowest BCUT2D eigenvalue weighted by atomic mass is 10.2. The Balaban J connectivity index is 1.74. The summed E-state index contributed by atoms with van der Waals surface area (Å²) >= 11 is 10.8. The lowest BCUT2D eigenvalue weighted by molar-refractivity contribution is -0.121. The molecular formula is C16H15ClN4O3S. The number of ether oxygens (including phenoxy) is 1. The van der Waals surface area contributed by atoms with Crippen LogP contribution in [0.2, 0.25) is 5.02 Å². The number of amides is 2. The maximum atomic E-state index is 11.8. The predicted octanol–water partition coefficient (Wildman–Crippen LogP) is 1.76. The molecular weight excluding hydrogens is 364 g/mol. The van der Waals surface area contributed by atoms with E-state index in [2.05, 4.69) is 21.2 Å². The van der Waals surface area contributed by atoms with Crippen molar-refractivity contribution < 1.29 is 14.3 Å². The van der Waals surface area contributed by atoms with Gasteiger partial charge in [0.15, 0.2) is 11.7 Å². The number of thiocarbonyl (C=S) groups is 1. The number of pyridine rings is 1. The standard InChI is InChI=1S/C16H15ClN4O3S/c1-10-8-12(17)2-3-13(10)24-9-14(22)19-16(25)21-20-15(23)11-4-6-18-7-5-11/h2-8H,9H2,1H3,(H,20,23)(H2,19,21,22,25). The third-order valence-corrected chi connectivity index (χ3v) is 3.42. The molecule has 2 aromatic rings. The quantitative estimate of drug-likeness (QED) is 0.554. The van der Waals surface area contributed by atoms with E-state index in [-0.39, 0.29) is 11.7 Å². The van der Waals surface area contributed by atoms with E-state index in [1.807, 2.05) is 6.92 Å². The molecule has 0 saturated heterocycles. The van der Waals surface area contributed by atoms with Crippen LogP contribution in [-0.2, 0) is 4.79 Å². The Morgan fingerprint density at radius 1 is 1.20 bits per heavy atom. The normalized spacial score (nSPS) is 9.84. The maximum absolute atomic E-state index is 11.8. The molecule has 0 aliphatic rings. The van der Waals surface area contributed by atoms with Crippen LogP contribution in [0, 0.1) is 6.92 Å². The van der Waals surface area contributed by atoms with Crippen LogP contribution in [0.3, 0.4) is 0 Å². The van der Waals surface area contributed by atoms with Crippen LogP contribution in [0.25, 0.3) is 0 Å². The molecule has 0 radical (unpaired) electrons. The molecule has 3 N–H and O–H groups in total. The summed E-state index contributed by atoms with van der Waals surface area (Å²) < 4.78 is 5.40. The number of carbonyl (C=O) groups excluding carboxylic acids is 2. The highest BCUT2D eigenvalue weighted by Crippen LogP contribution is 2.21. The van der Waals surface area contributed by atoms with Crippen LogP contribution in [0.15, 0.2) is 42.7 Å². The van der Waals surface area contributed by atoms with E-state index >= 15 is 0 Å². The van der Waals surface area contributed by atoms with Gasteiger partial charge in [0, 0.05) is 23.0 Å². The van der Waals surface area contributed by atoms with E-state index in [1.54, 1.807) is 30.3 Å². The van der Waals surface area contributed by atoms with Crippen molar-refractivity contribution in [3.05, 3.63) is 58.9 Å². The van der Waals surface area contributed by atoms with Gasteiger partial charge in [-0.2, -0.15) is 0 Å². The number of carbonyl (C=O) groups is 2. The topological polar surface area (TPSA) is 92.4 Å². The van der Waals surface area contributed by atoms with Gasteiger partial charge >= 0.3 is 0 Å². The second kappa shape index (κ2) is 8.95. The number of hydrogen-bond donors (Lipinski definition) is 3. The summed E-state index contributed by atoms with van der Waals surface area (Å²) in [5.41, 5.74) is 6.01. The third kappa shape index (κ3) is 6.02. The summed E-state index contributed by atoms with van der Waals surface area (Å²) in [5, 5.41) is 2.93. The highest BCUT2D eigenvalue weighted by atomic mass is 35.5. The Hall–Kier alpha value is -2.71. The fourth-order valence-electron chi connectivity index (χ4n) is 1.80. The van der Waals surface area contributed by atoms with E-state index in [9.17, 15) is 9.59 Å². The number of hydrogen-bond acceptors (Lipinski definition) is 5. The van der Waals surface area contributed by atoms with Crippen molar-refractivity contribution >= 4 is 40.7 Å². The number of benzene rings is 1. The minimum atomic E-state index is -0.468. The van der Waals surface area contributed by atoms with E-state index in [4.69, 9.17) is 28.6 Å². The monoisotopic (exact) mass is 378 g/mol. The summed E-state index contributed by atoms with van der Waals surface area (Å²) in [5.74, 6) is -0.332.